The van der Waals surface area contributed by atoms with E-state index in [1.807, 2.05) is 0 Å². The van der Waals surface area contributed by atoms with Crippen LogP contribution in [0.3, 0.4) is 0 Å². The predicted molar refractivity (Wildman–Crippen MR) is 108 cm³/mol. The van der Waals surface area contributed by atoms with Crippen molar-refractivity contribution in [2.75, 3.05) is 27.4 Å². The zero-order valence-electron chi connectivity index (χ0n) is 18.3. The van der Waals surface area contributed by atoms with Gasteiger partial charge in [0.2, 0.25) is 0 Å². The van der Waals surface area contributed by atoms with Crippen molar-refractivity contribution in [2.45, 2.75) is 78.8 Å². The molecule has 0 bridgehead atoms. The Morgan fingerprint density at radius 1 is 0.704 bits per heavy atom. The first-order valence-corrected chi connectivity index (χ1v) is 9.38. The second-order valence-corrected chi connectivity index (χ2v) is 8.86. The van der Waals surface area contributed by atoms with Crippen LogP contribution in [0.25, 0.3) is 0 Å². The molecule has 0 radical (unpaired) electrons. The Labute approximate surface area is 165 Å². The number of rotatable bonds is 8. The van der Waals surface area contributed by atoms with Crippen LogP contribution in [-0.4, -0.2) is 62.1 Å². The molecule has 0 aliphatic carbocycles. The molecule has 0 saturated heterocycles. The van der Waals surface area contributed by atoms with E-state index in [0.29, 0.717) is 12.8 Å². The second-order valence-electron chi connectivity index (χ2n) is 8.86. The third-order valence-electron chi connectivity index (χ3n) is 3.81. The molecule has 4 unspecified atom stereocenters. The minimum atomic E-state index is -0.702. The fourth-order valence-corrected chi connectivity index (χ4v) is 2.25. The van der Waals surface area contributed by atoms with Crippen LogP contribution in [-0.2, 0) is 14.2 Å². The van der Waals surface area contributed by atoms with Gasteiger partial charge >= 0.3 is 0 Å². The number of hydrogen-bond donors (Lipinski definition) is 2. The topological polar surface area (TPSA) is 68.2 Å². The van der Waals surface area contributed by atoms with E-state index in [9.17, 15) is 10.2 Å². The van der Waals surface area contributed by atoms with Crippen molar-refractivity contribution in [3.8, 4) is 23.7 Å². The molecule has 5 heteroatoms. The van der Waals surface area contributed by atoms with Crippen LogP contribution in [0.5, 0.6) is 0 Å². The number of methoxy groups -OCH3 is 2. The molecule has 0 aliphatic rings. The van der Waals surface area contributed by atoms with Gasteiger partial charge in [0.15, 0.2) is 0 Å². The van der Waals surface area contributed by atoms with Gasteiger partial charge in [0.05, 0.1) is 25.4 Å². The zero-order valence-corrected chi connectivity index (χ0v) is 18.3. The summed E-state index contributed by atoms with van der Waals surface area (Å²) >= 11 is 0. The van der Waals surface area contributed by atoms with Crippen molar-refractivity contribution in [3.05, 3.63) is 0 Å². The van der Waals surface area contributed by atoms with E-state index in [4.69, 9.17) is 14.2 Å². The molecular formula is C22H38O5. The van der Waals surface area contributed by atoms with Crippen LogP contribution in [0, 0.1) is 34.5 Å². The van der Waals surface area contributed by atoms with Crippen molar-refractivity contribution in [3.63, 3.8) is 0 Å². The first-order chi connectivity index (χ1) is 12.4. The molecule has 0 rings (SSSR count). The predicted octanol–water partition coefficient (Wildman–Crippen LogP) is 2.63. The monoisotopic (exact) mass is 382 g/mol. The molecule has 156 valence electrons. The quantitative estimate of drug-likeness (QED) is 0.632. The highest BCUT2D eigenvalue weighted by atomic mass is 16.5. The maximum atomic E-state index is 9.93. The van der Waals surface area contributed by atoms with E-state index >= 15 is 0 Å². The Kier molecular flexibility index (Phi) is 11.9. The summed E-state index contributed by atoms with van der Waals surface area (Å²) in [7, 11) is 3.26. The highest BCUT2D eigenvalue weighted by Gasteiger charge is 2.22. The van der Waals surface area contributed by atoms with Gasteiger partial charge in [-0.05, 0) is 10.8 Å². The molecule has 0 aromatic carbocycles. The van der Waals surface area contributed by atoms with Gasteiger partial charge < -0.3 is 24.4 Å². The minimum Gasteiger partial charge on any atom is -0.390 e. The smallest absolute Gasteiger partial charge is 0.122 e. The molecule has 0 aliphatic heterocycles. The van der Waals surface area contributed by atoms with Crippen molar-refractivity contribution in [1.82, 2.24) is 0 Å². The summed E-state index contributed by atoms with van der Waals surface area (Å²) < 4.78 is 16.1. The van der Waals surface area contributed by atoms with Crippen LogP contribution < -0.4 is 0 Å². The summed E-state index contributed by atoms with van der Waals surface area (Å²) in [5.41, 5.74) is -0.160. The third kappa shape index (κ3) is 12.1. The molecule has 0 heterocycles. The fraction of sp³-hybridized carbons (Fsp3) is 0.818. The van der Waals surface area contributed by atoms with Crippen molar-refractivity contribution in [1.29, 1.82) is 0 Å². The first-order valence-electron chi connectivity index (χ1n) is 9.38. The minimum absolute atomic E-state index is 0.0802. The highest BCUT2D eigenvalue weighted by Crippen LogP contribution is 2.21. The molecule has 0 aromatic heterocycles. The Morgan fingerprint density at radius 2 is 1.04 bits per heavy atom. The normalized spacial score (nSPS) is 16.4. The van der Waals surface area contributed by atoms with E-state index in [2.05, 4.69) is 65.2 Å². The average molecular weight is 383 g/mol. The highest BCUT2D eigenvalue weighted by molar-refractivity contribution is 5.10. The summed E-state index contributed by atoms with van der Waals surface area (Å²) in [5.74, 6) is 11.9. The Hall–Kier alpha value is -1.08. The van der Waals surface area contributed by atoms with Gasteiger partial charge in [-0.3, -0.25) is 0 Å². The SMILES string of the molecule is COC(C#CCC(O)COCC(O)CC#CC(OC)C(C)(C)C)C(C)(C)C. The standard InChI is InChI=1S/C22H38O5/c1-21(2,3)19(25-7)13-9-11-17(23)15-27-16-18(24)12-10-14-20(26-8)22(4,5)6/h17-20,23-24H,11-12,15-16H2,1-8H3. The van der Waals surface area contributed by atoms with Crippen LogP contribution in [0.15, 0.2) is 0 Å². The van der Waals surface area contributed by atoms with E-state index in [1.54, 1.807) is 14.2 Å². The van der Waals surface area contributed by atoms with Gasteiger partial charge in [-0.25, -0.2) is 0 Å². The van der Waals surface area contributed by atoms with Crippen LogP contribution in [0.1, 0.15) is 54.4 Å². The molecule has 0 aromatic rings. The molecule has 0 spiro atoms. The second kappa shape index (κ2) is 12.4. The van der Waals surface area contributed by atoms with E-state index in [1.165, 1.54) is 0 Å². The third-order valence-corrected chi connectivity index (χ3v) is 3.81. The molecule has 4 atom stereocenters. The van der Waals surface area contributed by atoms with Gasteiger partial charge in [-0.2, -0.15) is 0 Å². The van der Waals surface area contributed by atoms with Gasteiger partial charge in [-0.1, -0.05) is 65.2 Å². The molecular weight excluding hydrogens is 344 g/mol. The Bertz CT molecular complexity index is 473. The van der Waals surface area contributed by atoms with E-state index < -0.39 is 12.2 Å². The maximum Gasteiger partial charge on any atom is 0.122 e. The van der Waals surface area contributed by atoms with Crippen molar-refractivity contribution < 1.29 is 24.4 Å². The molecule has 0 saturated carbocycles. The Balaban J connectivity index is 4.20. The van der Waals surface area contributed by atoms with E-state index in [-0.39, 0.29) is 36.3 Å². The summed E-state index contributed by atoms with van der Waals surface area (Å²) in [6.07, 6.45) is -1.18. The average Bonchev–Trinajstić information content (AvgIpc) is 2.53. The van der Waals surface area contributed by atoms with Crippen molar-refractivity contribution in [2.24, 2.45) is 10.8 Å². The van der Waals surface area contributed by atoms with Crippen LogP contribution in [0.4, 0.5) is 0 Å². The summed E-state index contributed by atoms with van der Waals surface area (Å²) in [6.45, 7) is 12.5. The van der Waals surface area contributed by atoms with Gasteiger partial charge in [0, 0.05) is 27.1 Å². The summed E-state index contributed by atoms with van der Waals surface area (Å²) in [4.78, 5) is 0. The number of aliphatic hydroxyl groups excluding tert-OH is 2. The number of ether oxygens (including phenoxy) is 3. The molecule has 2 N–H and O–H groups in total. The van der Waals surface area contributed by atoms with Gasteiger partial charge in [0.25, 0.3) is 0 Å². The molecule has 0 fully saturated rings. The van der Waals surface area contributed by atoms with Crippen LogP contribution in [0.2, 0.25) is 0 Å². The molecule has 5 nitrogen and oxygen atoms in total. The Morgan fingerprint density at radius 3 is 1.30 bits per heavy atom. The van der Waals surface area contributed by atoms with E-state index in [0.717, 1.165) is 0 Å². The fourth-order valence-electron chi connectivity index (χ4n) is 2.25. The number of aliphatic hydroxyl groups is 2. The molecule has 27 heavy (non-hydrogen) atoms. The summed E-state index contributed by atoms with van der Waals surface area (Å²) in [6, 6.07) is 0. The largest absolute Gasteiger partial charge is 0.390 e. The number of hydrogen-bond acceptors (Lipinski definition) is 5. The van der Waals surface area contributed by atoms with Crippen LogP contribution >= 0.6 is 0 Å². The maximum absolute atomic E-state index is 9.93. The zero-order chi connectivity index (χ0) is 21.1. The van der Waals surface area contributed by atoms with Gasteiger partial charge in [-0.15, -0.1) is 0 Å². The van der Waals surface area contributed by atoms with Crippen molar-refractivity contribution >= 4 is 0 Å². The molecule has 0 amide bonds. The lowest BCUT2D eigenvalue weighted by atomic mass is 9.89. The first kappa shape index (κ1) is 25.9. The van der Waals surface area contributed by atoms with Gasteiger partial charge in [0.1, 0.15) is 12.2 Å². The lowest BCUT2D eigenvalue weighted by molar-refractivity contribution is -0.00420. The lowest BCUT2D eigenvalue weighted by Gasteiger charge is -2.24. The lowest BCUT2D eigenvalue weighted by Crippen LogP contribution is -2.27. The summed E-state index contributed by atoms with van der Waals surface area (Å²) in [5, 5.41) is 19.9.